The topological polar surface area (TPSA) is 83.0 Å². The summed E-state index contributed by atoms with van der Waals surface area (Å²) in [4.78, 5) is 12.3. The van der Waals surface area contributed by atoms with Crippen molar-refractivity contribution in [3.8, 4) is 0 Å². The molecule has 3 N–H and O–H groups in total. The summed E-state index contributed by atoms with van der Waals surface area (Å²) in [5, 5.41) is 16.8. The van der Waals surface area contributed by atoms with Gasteiger partial charge in [-0.3, -0.25) is 0 Å². The molecule has 0 aliphatic heterocycles. The van der Waals surface area contributed by atoms with Crippen LogP contribution in [0.5, 0.6) is 0 Å². The van der Waals surface area contributed by atoms with Crippen LogP contribution in [0.1, 0.15) is 46.5 Å². The molecule has 0 atom stereocenters. The van der Waals surface area contributed by atoms with E-state index in [1.807, 2.05) is 6.92 Å². The molecule has 0 aromatic carbocycles. The van der Waals surface area contributed by atoms with Gasteiger partial charge in [-0.15, -0.1) is 0 Å². The lowest BCUT2D eigenvalue weighted by atomic mass is 9.71. The Kier molecular flexibility index (Phi) is 4.88. The highest BCUT2D eigenvalue weighted by molar-refractivity contribution is 6.28. The largest absolute Gasteiger partial charge is 0.388 e. The smallest absolute Gasteiger partial charge is 0.228 e. The molecule has 1 aromatic heterocycles. The van der Waals surface area contributed by atoms with Crippen molar-refractivity contribution < 1.29 is 5.11 Å². The fraction of sp³-hybridized carbons (Fsp3) is 0.786. The maximum atomic E-state index is 10.6. The highest BCUT2D eigenvalue weighted by Gasteiger charge is 2.36. The fourth-order valence-corrected chi connectivity index (χ4v) is 2.64. The molecule has 21 heavy (non-hydrogen) atoms. The van der Waals surface area contributed by atoms with E-state index in [1.54, 1.807) is 0 Å². The summed E-state index contributed by atoms with van der Waals surface area (Å²) in [6.45, 7) is 7.58. The second-order valence-electron chi connectivity index (χ2n) is 6.52. The first-order chi connectivity index (χ1) is 9.82. The zero-order valence-electron chi connectivity index (χ0n) is 12.9. The van der Waals surface area contributed by atoms with Crippen LogP contribution < -0.4 is 10.6 Å². The highest BCUT2D eigenvalue weighted by atomic mass is 35.5. The second-order valence-corrected chi connectivity index (χ2v) is 6.86. The predicted molar refractivity (Wildman–Crippen MR) is 84.7 cm³/mol. The standard InChI is InChI=1S/C14H24ClN5O/c1-4-16-11-18-10(15)19-12(20-11)17-9-14(21)7-5-13(2,3)6-8-14/h21H,4-9H2,1-3H3,(H2,16,17,18,19,20). The fourth-order valence-electron chi connectivity index (χ4n) is 2.48. The third-order valence-corrected chi connectivity index (χ3v) is 4.22. The average Bonchev–Trinajstić information content (AvgIpc) is 2.41. The van der Waals surface area contributed by atoms with Crippen LogP contribution in [0.3, 0.4) is 0 Å². The number of hydrogen-bond acceptors (Lipinski definition) is 6. The lowest BCUT2D eigenvalue weighted by molar-refractivity contribution is -0.0146. The number of nitrogens with one attached hydrogen (secondary N) is 2. The van der Waals surface area contributed by atoms with Crippen LogP contribution in [-0.4, -0.2) is 38.7 Å². The molecule has 0 amide bonds. The van der Waals surface area contributed by atoms with E-state index >= 15 is 0 Å². The van der Waals surface area contributed by atoms with Crippen molar-refractivity contribution in [2.45, 2.75) is 52.1 Å². The predicted octanol–water partition coefficient (Wildman–Crippen LogP) is 2.70. The van der Waals surface area contributed by atoms with Gasteiger partial charge in [0.1, 0.15) is 0 Å². The Labute approximate surface area is 130 Å². The average molecular weight is 314 g/mol. The first-order valence-electron chi connectivity index (χ1n) is 7.44. The van der Waals surface area contributed by atoms with Gasteiger partial charge >= 0.3 is 0 Å². The Morgan fingerprint density at radius 2 is 1.62 bits per heavy atom. The molecular formula is C14H24ClN5O. The van der Waals surface area contributed by atoms with Crippen LogP contribution in [0.2, 0.25) is 5.28 Å². The molecule has 0 radical (unpaired) electrons. The molecule has 0 spiro atoms. The number of nitrogens with zero attached hydrogens (tertiary/aromatic N) is 3. The molecule has 6 nitrogen and oxygen atoms in total. The van der Waals surface area contributed by atoms with Gasteiger partial charge in [-0.2, -0.15) is 15.0 Å². The first kappa shape index (κ1) is 16.2. The summed E-state index contributed by atoms with van der Waals surface area (Å²) in [5.74, 6) is 0.834. The van der Waals surface area contributed by atoms with Gasteiger partial charge < -0.3 is 15.7 Å². The molecule has 2 rings (SSSR count). The van der Waals surface area contributed by atoms with E-state index in [1.165, 1.54) is 0 Å². The van der Waals surface area contributed by atoms with E-state index in [9.17, 15) is 5.11 Å². The summed E-state index contributed by atoms with van der Waals surface area (Å²) < 4.78 is 0. The van der Waals surface area contributed by atoms with Crippen LogP contribution in [0, 0.1) is 5.41 Å². The van der Waals surface area contributed by atoms with Crippen molar-refractivity contribution in [1.29, 1.82) is 0 Å². The molecular weight excluding hydrogens is 290 g/mol. The number of anilines is 2. The molecule has 1 aliphatic rings. The Balaban J connectivity index is 1.96. The minimum absolute atomic E-state index is 0.139. The molecule has 0 saturated heterocycles. The Bertz CT molecular complexity index is 484. The Hall–Kier alpha value is -1.14. The van der Waals surface area contributed by atoms with Crippen LogP contribution in [-0.2, 0) is 0 Å². The normalized spacial score (nSPS) is 20.0. The van der Waals surface area contributed by atoms with Crippen molar-refractivity contribution in [3.05, 3.63) is 5.28 Å². The number of rotatable bonds is 5. The lowest BCUT2D eigenvalue weighted by Crippen LogP contribution is -2.42. The van der Waals surface area contributed by atoms with Crippen LogP contribution in [0.15, 0.2) is 0 Å². The van der Waals surface area contributed by atoms with E-state index < -0.39 is 5.60 Å². The van der Waals surface area contributed by atoms with E-state index in [0.29, 0.717) is 30.4 Å². The highest BCUT2D eigenvalue weighted by Crippen LogP contribution is 2.40. The van der Waals surface area contributed by atoms with Crippen molar-refractivity contribution in [2.24, 2.45) is 5.41 Å². The van der Waals surface area contributed by atoms with Gasteiger partial charge in [0.25, 0.3) is 0 Å². The van der Waals surface area contributed by atoms with Gasteiger partial charge in [0.05, 0.1) is 5.60 Å². The molecule has 118 valence electrons. The van der Waals surface area contributed by atoms with Gasteiger partial charge in [0.15, 0.2) is 0 Å². The maximum Gasteiger partial charge on any atom is 0.228 e. The molecule has 0 bridgehead atoms. The van der Waals surface area contributed by atoms with Crippen LogP contribution in [0.4, 0.5) is 11.9 Å². The van der Waals surface area contributed by atoms with E-state index in [-0.39, 0.29) is 5.28 Å². The van der Waals surface area contributed by atoms with Crippen LogP contribution >= 0.6 is 11.6 Å². The van der Waals surface area contributed by atoms with Crippen molar-refractivity contribution >= 4 is 23.5 Å². The second kappa shape index (κ2) is 6.32. The molecule has 1 fully saturated rings. The Morgan fingerprint density at radius 1 is 1.05 bits per heavy atom. The molecule has 1 saturated carbocycles. The van der Waals surface area contributed by atoms with Gasteiger partial charge in [-0.1, -0.05) is 13.8 Å². The number of hydrogen-bond donors (Lipinski definition) is 3. The minimum Gasteiger partial charge on any atom is -0.388 e. The van der Waals surface area contributed by atoms with Crippen molar-refractivity contribution in [3.63, 3.8) is 0 Å². The summed E-state index contributed by atoms with van der Waals surface area (Å²) in [6.07, 6.45) is 3.61. The molecule has 1 heterocycles. The van der Waals surface area contributed by atoms with Crippen LogP contribution in [0.25, 0.3) is 0 Å². The molecule has 1 aromatic rings. The number of aromatic nitrogens is 3. The molecule has 7 heteroatoms. The zero-order chi connectivity index (χ0) is 15.5. The quantitative estimate of drug-likeness (QED) is 0.775. The zero-order valence-corrected chi connectivity index (χ0v) is 13.7. The van der Waals surface area contributed by atoms with Crippen molar-refractivity contribution in [1.82, 2.24) is 15.0 Å². The summed E-state index contributed by atoms with van der Waals surface area (Å²) in [6, 6.07) is 0. The molecule has 0 unspecified atom stereocenters. The molecule has 1 aliphatic carbocycles. The van der Waals surface area contributed by atoms with Gasteiger partial charge in [-0.05, 0) is 49.6 Å². The minimum atomic E-state index is -0.701. The maximum absolute atomic E-state index is 10.6. The Morgan fingerprint density at radius 3 is 2.19 bits per heavy atom. The van der Waals surface area contributed by atoms with Crippen molar-refractivity contribution in [2.75, 3.05) is 23.7 Å². The summed E-state index contributed by atoms with van der Waals surface area (Å²) in [5.41, 5.74) is -0.381. The summed E-state index contributed by atoms with van der Waals surface area (Å²) >= 11 is 5.87. The van der Waals surface area contributed by atoms with Gasteiger partial charge in [-0.25, -0.2) is 0 Å². The van der Waals surface area contributed by atoms with E-state index in [0.717, 1.165) is 25.7 Å². The number of aliphatic hydroxyl groups is 1. The number of halogens is 1. The van der Waals surface area contributed by atoms with E-state index in [4.69, 9.17) is 11.6 Å². The first-order valence-corrected chi connectivity index (χ1v) is 7.81. The van der Waals surface area contributed by atoms with Gasteiger partial charge in [0.2, 0.25) is 17.2 Å². The SMILES string of the molecule is CCNc1nc(Cl)nc(NCC2(O)CCC(C)(C)CC2)n1. The van der Waals surface area contributed by atoms with E-state index in [2.05, 4.69) is 39.4 Å². The summed E-state index contributed by atoms with van der Waals surface area (Å²) in [7, 11) is 0. The third kappa shape index (κ3) is 4.68. The van der Waals surface area contributed by atoms with Gasteiger partial charge in [0, 0.05) is 13.1 Å². The lowest BCUT2D eigenvalue weighted by Gasteiger charge is -2.40. The third-order valence-electron chi connectivity index (χ3n) is 4.05. The monoisotopic (exact) mass is 313 g/mol.